The first-order chi connectivity index (χ1) is 7.02. The van der Waals surface area contributed by atoms with Crippen molar-refractivity contribution in [2.75, 3.05) is 0 Å². The third-order valence-corrected chi connectivity index (χ3v) is 3.23. The predicted molar refractivity (Wildman–Crippen MR) is 64.6 cm³/mol. The number of thiazole rings is 1. The summed E-state index contributed by atoms with van der Waals surface area (Å²) >= 11 is 1.48. The molecule has 0 aromatic carbocycles. The molecule has 0 unspecified atom stereocenters. The Morgan fingerprint density at radius 3 is 2.60 bits per heavy atom. The minimum atomic E-state index is 0.259. The summed E-state index contributed by atoms with van der Waals surface area (Å²) < 4.78 is 0. The zero-order valence-corrected chi connectivity index (χ0v) is 10.7. The summed E-state index contributed by atoms with van der Waals surface area (Å²) in [5.41, 5.74) is 2.74. The maximum Gasteiger partial charge on any atom is 0.174 e. The van der Waals surface area contributed by atoms with Gasteiger partial charge in [0.2, 0.25) is 0 Å². The van der Waals surface area contributed by atoms with Gasteiger partial charge in [-0.25, -0.2) is 4.98 Å². The second-order valence-corrected chi connectivity index (χ2v) is 5.43. The molecule has 15 heavy (non-hydrogen) atoms. The summed E-state index contributed by atoms with van der Waals surface area (Å²) in [6.45, 7) is 8.44. The van der Waals surface area contributed by atoms with E-state index >= 15 is 0 Å². The van der Waals surface area contributed by atoms with Crippen LogP contribution in [0.4, 0.5) is 0 Å². The van der Waals surface area contributed by atoms with Crippen molar-refractivity contribution in [3.05, 3.63) is 16.1 Å². The lowest BCUT2D eigenvalue weighted by atomic mass is 10.0. The van der Waals surface area contributed by atoms with Gasteiger partial charge in [-0.2, -0.15) is 0 Å². The second kappa shape index (κ2) is 5.40. The Morgan fingerprint density at radius 1 is 1.40 bits per heavy atom. The molecular formula is C12H19NOS. The standard InChI is InChI=1S/C12H19NOS/c1-8(2)5-6-10(14)12-11(9(3)4)13-7-15-12/h7-9H,5-6H2,1-4H3. The lowest BCUT2D eigenvalue weighted by Crippen LogP contribution is -2.03. The molecule has 2 nitrogen and oxygen atoms in total. The maximum atomic E-state index is 11.9. The van der Waals surface area contributed by atoms with Crippen LogP contribution in [0.15, 0.2) is 5.51 Å². The lowest BCUT2D eigenvalue weighted by Gasteiger charge is -2.06. The zero-order valence-electron chi connectivity index (χ0n) is 9.91. The van der Waals surface area contributed by atoms with Crippen LogP contribution >= 0.6 is 11.3 Å². The minimum absolute atomic E-state index is 0.259. The van der Waals surface area contributed by atoms with Crippen LogP contribution in [-0.2, 0) is 0 Å². The van der Waals surface area contributed by atoms with Gasteiger partial charge < -0.3 is 0 Å². The van der Waals surface area contributed by atoms with Crippen LogP contribution in [0.25, 0.3) is 0 Å². The largest absolute Gasteiger partial charge is 0.293 e. The summed E-state index contributed by atoms with van der Waals surface area (Å²) in [6.07, 6.45) is 1.62. The first-order valence-corrected chi connectivity index (χ1v) is 6.37. The first kappa shape index (κ1) is 12.4. The number of hydrogen-bond acceptors (Lipinski definition) is 3. The molecule has 0 aliphatic carbocycles. The summed E-state index contributed by atoms with van der Waals surface area (Å²) in [6, 6.07) is 0. The van der Waals surface area contributed by atoms with Crippen LogP contribution in [-0.4, -0.2) is 10.8 Å². The number of carbonyl (C=O) groups excluding carboxylic acids is 1. The van der Waals surface area contributed by atoms with E-state index in [-0.39, 0.29) is 5.78 Å². The molecule has 1 aromatic heterocycles. The third-order valence-electron chi connectivity index (χ3n) is 2.34. The van der Waals surface area contributed by atoms with Gasteiger partial charge >= 0.3 is 0 Å². The van der Waals surface area contributed by atoms with Crippen LogP contribution in [0.2, 0.25) is 0 Å². The molecule has 0 N–H and O–H groups in total. The number of hydrogen-bond donors (Lipinski definition) is 0. The normalized spacial score (nSPS) is 11.3. The highest BCUT2D eigenvalue weighted by atomic mass is 32.1. The van der Waals surface area contributed by atoms with Crippen molar-refractivity contribution in [3.8, 4) is 0 Å². The van der Waals surface area contributed by atoms with E-state index in [1.807, 2.05) is 0 Å². The Labute approximate surface area is 95.7 Å². The SMILES string of the molecule is CC(C)CCC(=O)c1scnc1C(C)C. The first-order valence-electron chi connectivity index (χ1n) is 5.49. The number of nitrogens with zero attached hydrogens (tertiary/aromatic N) is 1. The second-order valence-electron chi connectivity index (χ2n) is 4.58. The van der Waals surface area contributed by atoms with E-state index in [2.05, 4.69) is 32.7 Å². The van der Waals surface area contributed by atoms with Crippen molar-refractivity contribution in [3.63, 3.8) is 0 Å². The fourth-order valence-electron chi connectivity index (χ4n) is 1.41. The molecule has 0 radical (unpaired) electrons. The van der Waals surface area contributed by atoms with E-state index < -0.39 is 0 Å². The molecule has 0 fully saturated rings. The number of carbonyl (C=O) groups is 1. The Balaban J connectivity index is 2.69. The van der Waals surface area contributed by atoms with Crippen LogP contribution in [0.1, 0.15) is 61.8 Å². The predicted octanol–water partition coefficient (Wildman–Crippen LogP) is 3.89. The zero-order chi connectivity index (χ0) is 11.4. The van der Waals surface area contributed by atoms with E-state index in [0.717, 1.165) is 17.0 Å². The third kappa shape index (κ3) is 3.42. The number of rotatable bonds is 5. The number of aromatic nitrogens is 1. The average molecular weight is 225 g/mol. The molecule has 0 spiro atoms. The van der Waals surface area contributed by atoms with Gasteiger partial charge in [0.15, 0.2) is 5.78 Å². The van der Waals surface area contributed by atoms with E-state index in [1.165, 1.54) is 11.3 Å². The van der Waals surface area contributed by atoms with Crippen molar-refractivity contribution in [2.45, 2.75) is 46.5 Å². The number of Topliss-reactive ketones (excluding diaryl/α,β-unsaturated/α-hetero) is 1. The quantitative estimate of drug-likeness (QED) is 0.712. The molecular weight excluding hydrogens is 206 g/mol. The van der Waals surface area contributed by atoms with Gasteiger partial charge in [-0.1, -0.05) is 27.7 Å². The lowest BCUT2D eigenvalue weighted by molar-refractivity contribution is 0.0978. The van der Waals surface area contributed by atoms with Crippen molar-refractivity contribution < 1.29 is 4.79 Å². The van der Waals surface area contributed by atoms with Crippen LogP contribution in [0, 0.1) is 5.92 Å². The number of ketones is 1. The van der Waals surface area contributed by atoms with Gasteiger partial charge in [0.05, 0.1) is 16.1 Å². The van der Waals surface area contributed by atoms with E-state index in [0.29, 0.717) is 18.3 Å². The summed E-state index contributed by atoms with van der Waals surface area (Å²) in [5.74, 6) is 1.19. The van der Waals surface area contributed by atoms with E-state index in [1.54, 1.807) is 5.51 Å². The fourth-order valence-corrected chi connectivity index (χ4v) is 2.32. The summed E-state index contributed by atoms with van der Waals surface area (Å²) in [5, 5.41) is 0. The molecule has 0 amide bonds. The van der Waals surface area contributed by atoms with Crippen LogP contribution in [0.5, 0.6) is 0 Å². The molecule has 0 saturated heterocycles. The Kier molecular flexibility index (Phi) is 4.45. The van der Waals surface area contributed by atoms with Gasteiger partial charge in [0.1, 0.15) is 0 Å². The highest BCUT2D eigenvalue weighted by molar-refractivity contribution is 7.11. The highest BCUT2D eigenvalue weighted by Crippen LogP contribution is 2.23. The Bertz CT molecular complexity index is 328. The Hall–Kier alpha value is -0.700. The van der Waals surface area contributed by atoms with Gasteiger partial charge in [-0.15, -0.1) is 11.3 Å². The van der Waals surface area contributed by atoms with Gasteiger partial charge in [0.25, 0.3) is 0 Å². The van der Waals surface area contributed by atoms with Crippen molar-refractivity contribution in [1.82, 2.24) is 4.98 Å². The minimum Gasteiger partial charge on any atom is -0.293 e. The Morgan fingerprint density at radius 2 is 2.07 bits per heavy atom. The average Bonchev–Trinajstić information content (AvgIpc) is 2.62. The highest BCUT2D eigenvalue weighted by Gasteiger charge is 2.16. The molecule has 84 valence electrons. The monoisotopic (exact) mass is 225 g/mol. The molecule has 0 aliphatic heterocycles. The molecule has 1 heterocycles. The molecule has 0 atom stereocenters. The topological polar surface area (TPSA) is 30.0 Å². The van der Waals surface area contributed by atoms with Gasteiger partial charge in [0, 0.05) is 6.42 Å². The van der Waals surface area contributed by atoms with Crippen molar-refractivity contribution >= 4 is 17.1 Å². The summed E-state index contributed by atoms with van der Waals surface area (Å²) in [7, 11) is 0. The fraction of sp³-hybridized carbons (Fsp3) is 0.667. The van der Waals surface area contributed by atoms with Gasteiger partial charge in [-0.05, 0) is 18.3 Å². The summed E-state index contributed by atoms with van der Waals surface area (Å²) in [4.78, 5) is 17.0. The molecule has 0 aliphatic rings. The van der Waals surface area contributed by atoms with Gasteiger partial charge in [-0.3, -0.25) is 4.79 Å². The maximum absolute atomic E-state index is 11.9. The van der Waals surface area contributed by atoms with Crippen molar-refractivity contribution in [1.29, 1.82) is 0 Å². The van der Waals surface area contributed by atoms with Crippen LogP contribution < -0.4 is 0 Å². The molecule has 1 rings (SSSR count). The smallest absolute Gasteiger partial charge is 0.174 e. The van der Waals surface area contributed by atoms with Crippen LogP contribution in [0.3, 0.4) is 0 Å². The van der Waals surface area contributed by atoms with Crippen molar-refractivity contribution in [2.24, 2.45) is 5.92 Å². The molecule has 0 saturated carbocycles. The molecule has 1 aromatic rings. The van der Waals surface area contributed by atoms with E-state index in [4.69, 9.17) is 0 Å². The molecule has 0 bridgehead atoms. The van der Waals surface area contributed by atoms with E-state index in [9.17, 15) is 4.79 Å². The molecule has 3 heteroatoms.